The lowest BCUT2D eigenvalue weighted by Gasteiger charge is -2.29. The van der Waals surface area contributed by atoms with Crippen LogP contribution in [0.3, 0.4) is 0 Å². The Labute approximate surface area is 95.6 Å². The van der Waals surface area contributed by atoms with Crippen LogP contribution in [0.1, 0.15) is 11.3 Å². The van der Waals surface area contributed by atoms with Gasteiger partial charge in [-0.15, -0.1) is 0 Å². The molecule has 0 amide bonds. The molecule has 0 atom stereocenters. The van der Waals surface area contributed by atoms with E-state index in [-0.39, 0.29) is 0 Å². The number of nitrogens with zero attached hydrogens (tertiary/aromatic N) is 2. The number of fused-ring (bicyclic) bond motifs is 1. The summed E-state index contributed by atoms with van der Waals surface area (Å²) in [6.07, 6.45) is 1.05. The Kier molecular flexibility index (Phi) is 2.76. The van der Waals surface area contributed by atoms with Crippen molar-refractivity contribution in [3.05, 3.63) is 23.4 Å². The van der Waals surface area contributed by atoms with E-state index in [1.54, 1.807) is 0 Å². The first-order valence-corrected chi connectivity index (χ1v) is 5.96. The third-order valence-corrected chi connectivity index (χ3v) is 3.24. The molecule has 0 spiro atoms. The van der Waals surface area contributed by atoms with E-state index in [9.17, 15) is 0 Å². The van der Waals surface area contributed by atoms with Crippen molar-refractivity contribution in [3.8, 4) is 0 Å². The highest BCUT2D eigenvalue weighted by molar-refractivity contribution is 5.42. The fourth-order valence-electron chi connectivity index (χ4n) is 2.29. The molecule has 3 rings (SSSR count). The quantitative estimate of drug-likeness (QED) is 0.749. The minimum absolute atomic E-state index is 0.820. The van der Waals surface area contributed by atoms with Crippen LogP contribution in [0.25, 0.3) is 0 Å². The Morgan fingerprint density at radius 3 is 3.00 bits per heavy atom. The van der Waals surface area contributed by atoms with Crippen LogP contribution < -0.4 is 10.2 Å². The SMILES string of the molecule is c1cc2c(nc1N1CCOCC1)CCNC2. The number of rotatable bonds is 1. The normalized spacial score (nSPS) is 20.6. The van der Waals surface area contributed by atoms with Gasteiger partial charge in [-0.1, -0.05) is 6.07 Å². The van der Waals surface area contributed by atoms with E-state index in [1.807, 2.05) is 0 Å². The summed E-state index contributed by atoms with van der Waals surface area (Å²) < 4.78 is 5.35. The largest absolute Gasteiger partial charge is 0.378 e. The highest BCUT2D eigenvalue weighted by Gasteiger charge is 2.15. The molecule has 0 aromatic carbocycles. The van der Waals surface area contributed by atoms with Gasteiger partial charge >= 0.3 is 0 Å². The van der Waals surface area contributed by atoms with E-state index in [2.05, 4.69) is 22.3 Å². The molecule has 86 valence electrons. The van der Waals surface area contributed by atoms with Gasteiger partial charge in [0.1, 0.15) is 5.82 Å². The molecule has 16 heavy (non-hydrogen) atoms. The Balaban J connectivity index is 1.84. The van der Waals surface area contributed by atoms with Gasteiger partial charge in [0.2, 0.25) is 0 Å². The molecule has 0 unspecified atom stereocenters. The maximum atomic E-state index is 5.35. The number of ether oxygens (including phenoxy) is 1. The first-order chi connectivity index (χ1) is 7.93. The summed E-state index contributed by atoms with van der Waals surface area (Å²) in [7, 11) is 0. The van der Waals surface area contributed by atoms with Crippen molar-refractivity contribution in [2.24, 2.45) is 0 Å². The van der Waals surface area contributed by atoms with Crippen LogP contribution in [0.5, 0.6) is 0 Å². The van der Waals surface area contributed by atoms with Crippen molar-refractivity contribution < 1.29 is 4.74 Å². The molecule has 1 N–H and O–H groups in total. The second-order valence-corrected chi connectivity index (χ2v) is 4.30. The topological polar surface area (TPSA) is 37.4 Å². The van der Waals surface area contributed by atoms with Crippen molar-refractivity contribution in [2.75, 3.05) is 37.7 Å². The first kappa shape index (κ1) is 10.1. The number of nitrogens with one attached hydrogen (secondary N) is 1. The van der Waals surface area contributed by atoms with Crippen molar-refractivity contribution in [1.82, 2.24) is 10.3 Å². The molecular formula is C12H17N3O. The second-order valence-electron chi connectivity index (χ2n) is 4.30. The molecule has 4 heteroatoms. The van der Waals surface area contributed by atoms with Gasteiger partial charge in [0.25, 0.3) is 0 Å². The summed E-state index contributed by atoms with van der Waals surface area (Å²) in [6, 6.07) is 4.34. The zero-order valence-corrected chi connectivity index (χ0v) is 9.41. The van der Waals surface area contributed by atoms with Gasteiger partial charge < -0.3 is 15.0 Å². The molecule has 2 aliphatic rings. The highest BCUT2D eigenvalue weighted by Crippen LogP contribution is 2.18. The molecule has 2 aliphatic heterocycles. The van der Waals surface area contributed by atoms with Crippen molar-refractivity contribution >= 4 is 5.82 Å². The molecular weight excluding hydrogens is 202 g/mol. The van der Waals surface area contributed by atoms with Crippen LogP contribution in [-0.4, -0.2) is 37.8 Å². The Morgan fingerprint density at radius 2 is 2.12 bits per heavy atom. The van der Waals surface area contributed by atoms with E-state index < -0.39 is 0 Å². The summed E-state index contributed by atoms with van der Waals surface area (Å²) in [5, 5.41) is 3.37. The number of pyridine rings is 1. The van der Waals surface area contributed by atoms with Gasteiger partial charge in [-0.25, -0.2) is 4.98 Å². The monoisotopic (exact) mass is 219 g/mol. The fourth-order valence-corrected chi connectivity index (χ4v) is 2.29. The molecule has 0 saturated carbocycles. The van der Waals surface area contributed by atoms with Gasteiger partial charge in [-0.2, -0.15) is 0 Å². The second kappa shape index (κ2) is 4.39. The Morgan fingerprint density at radius 1 is 1.25 bits per heavy atom. The molecule has 0 radical (unpaired) electrons. The van der Waals surface area contributed by atoms with Gasteiger partial charge in [-0.3, -0.25) is 0 Å². The lowest BCUT2D eigenvalue weighted by atomic mass is 10.1. The van der Waals surface area contributed by atoms with E-state index >= 15 is 0 Å². The standard InChI is InChI=1S/C12H17N3O/c1-2-12(15-5-7-16-8-6-15)14-11-3-4-13-9-10(1)11/h1-2,13H,3-9H2. The summed E-state index contributed by atoms with van der Waals surface area (Å²) in [5.41, 5.74) is 2.62. The highest BCUT2D eigenvalue weighted by atomic mass is 16.5. The predicted octanol–water partition coefficient (Wildman–Crippen LogP) is 0.564. The molecule has 4 nitrogen and oxygen atoms in total. The van der Waals surface area contributed by atoms with Gasteiger partial charge in [0.05, 0.1) is 13.2 Å². The van der Waals surface area contributed by atoms with Crippen molar-refractivity contribution in [3.63, 3.8) is 0 Å². The van der Waals surface area contributed by atoms with Gasteiger partial charge in [0.15, 0.2) is 0 Å². The molecule has 1 fully saturated rings. The van der Waals surface area contributed by atoms with Crippen LogP contribution in [-0.2, 0) is 17.7 Å². The third-order valence-electron chi connectivity index (χ3n) is 3.24. The van der Waals surface area contributed by atoms with Crippen LogP contribution in [0.2, 0.25) is 0 Å². The Bertz CT molecular complexity index is 375. The molecule has 1 saturated heterocycles. The lowest BCUT2D eigenvalue weighted by Crippen LogP contribution is -2.37. The summed E-state index contributed by atoms with van der Waals surface area (Å²) in [6.45, 7) is 5.58. The van der Waals surface area contributed by atoms with Crippen molar-refractivity contribution in [2.45, 2.75) is 13.0 Å². The van der Waals surface area contributed by atoms with Crippen molar-refractivity contribution in [1.29, 1.82) is 0 Å². The van der Waals surface area contributed by atoms with E-state index in [0.29, 0.717) is 0 Å². The molecule has 1 aromatic rings. The first-order valence-electron chi connectivity index (χ1n) is 5.96. The molecule has 3 heterocycles. The number of anilines is 1. The predicted molar refractivity (Wildman–Crippen MR) is 62.7 cm³/mol. The minimum atomic E-state index is 0.820. The maximum absolute atomic E-state index is 5.35. The van der Waals surface area contributed by atoms with Crippen LogP contribution >= 0.6 is 0 Å². The van der Waals surface area contributed by atoms with Gasteiger partial charge in [-0.05, 0) is 11.6 Å². The van der Waals surface area contributed by atoms with Gasteiger partial charge in [0, 0.05) is 38.3 Å². The van der Waals surface area contributed by atoms with E-state index in [0.717, 1.165) is 51.6 Å². The average molecular weight is 219 g/mol. The van der Waals surface area contributed by atoms with Crippen LogP contribution in [0.15, 0.2) is 12.1 Å². The van der Waals surface area contributed by atoms with Crippen LogP contribution in [0.4, 0.5) is 5.82 Å². The lowest BCUT2D eigenvalue weighted by molar-refractivity contribution is 0.122. The number of morpholine rings is 1. The fraction of sp³-hybridized carbons (Fsp3) is 0.583. The van der Waals surface area contributed by atoms with E-state index in [4.69, 9.17) is 9.72 Å². The number of aromatic nitrogens is 1. The zero-order valence-electron chi connectivity index (χ0n) is 9.41. The molecule has 1 aromatic heterocycles. The summed E-state index contributed by atoms with van der Waals surface area (Å²) in [5.74, 6) is 1.11. The maximum Gasteiger partial charge on any atom is 0.128 e. The summed E-state index contributed by atoms with van der Waals surface area (Å²) >= 11 is 0. The Hall–Kier alpha value is -1.13. The average Bonchev–Trinajstić information content (AvgIpc) is 2.39. The van der Waals surface area contributed by atoms with E-state index in [1.165, 1.54) is 11.3 Å². The summed E-state index contributed by atoms with van der Waals surface area (Å²) in [4.78, 5) is 7.08. The third kappa shape index (κ3) is 1.90. The molecule has 0 aliphatic carbocycles. The van der Waals surface area contributed by atoms with Crippen LogP contribution in [0, 0.1) is 0 Å². The minimum Gasteiger partial charge on any atom is -0.378 e. The smallest absolute Gasteiger partial charge is 0.128 e. The zero-order chi connectivity index (χ0) is 10.8. The molecule has 0 bridgehead atoms. The number of hydrogen-bond acceptors (Lipinski definition) is 4. The number of hydrogen-bond donors (Lipinski definition) is 1.